The molecular weight excluding hydrogens is 404 g/mol. The predicted octanol–water partition coefficient (Wildman–Crippen LogP) is 5.52. The Morgan fingerprint density at radius 2 is 1.78 bits per heavy atom. The third kappa shape index (κ3) is 5.48. The first-order valence-electron chi connectivity index (χ1n) is 12.0. The largest absolute Gasteiger partial charge is 0.471 e. The van der Waals surface area contributed by atoms with Crippen molar-refractivity contribution in [1.82, 2.24) is 0 Å². The lowest BCUT2D eigenvalue weighted by molar-refractivity contribution is -0.126. The number of rotatable bonds is 2. The van der Waals surface area contributed by atoms with Gasteiger partial charge in [0.25, 0.3) is 6.47 Å². The molecule has 180 valence electrons. The zero-order chi connectivity index (χ0) is 24.5. The maximum atomic E-state index is 11.8. The molecule has 0 fully saturated rings. The first kappa shape index (κ1) is 28.0. The minimum Gasteiger partial charge on any atom is -0.471 e. The number of ether oxygens (including phenoxy) is 1. The van der Waals surface area contributed by atoms with Crippen molar-refractivity contribution in [1.29, 1.82) is 0 Å². The molecule has 5 nitrogen and oxygen atoms in total. The SMILES string of the molecule is CC.CC1CC=C2C3=C(CCC21C)C1(C)CCC(=O)C=C1[C@@H](O)C3.CCC=O.COC=O. The molecule has 0 spiro atoms. The number of aliphatic hydroxyl groups is 1. The maximum absolute atomic E-state index is 11.8. The molecule has 0 amide bonds. The molecule has 0 saturated carbocycles. The van der Waals surface area contributed by atoms with Crippen LogP contribution < -0.4 is 0 Å². The summed E-state index contributed by atoms with van der Waals surface area (Å²) < 4.78 is 3.86. The van der Waals surface area contributed by atoms with Crippen molar-refractivity contribution in [3.63, 3.8) is 0 Å². The molecule has 4 aliphatic rings. The van der Waals surface area contributed by atoms with Crippen LogP contribution in [-0.4, -0.2) is 36.9 Å². The predicted molar refractivity (Wildman–Crippen MR) is 128 cm³/mol. The van der Waals surface area contributed by atoms with E-state index in [-0.39, 0.29) is 11.2 Å². The molecule has 0 aromatic heterocycles. The van der Waals surface area contributed by atoms with E-state index in [4.69, 9.17) is 4.79 Å². The van der Waals surface area contributed by atoms with Crippen molar-refractivity contribution >= 4 is 18.5 Å². The number of aliphatic hydroxyl groups excluding tert-OH is 1. The van der Waals surface area contributed by atoms with E-state index < -0.39 is 6.10 Å². The van der Waals surface area contributed by atoms with Gasteiger partial charge in [-0.1, -0.05) is 53.2 Å². The van der Waals surface area contributed by atoms with Gasteiger partial charge < -0.3 is 14.6 Å². The van der Waals surface area contributed by atoms with Gasteiger partial charge in [0.1, 0.15) is 6.29 Å². The van der Waals surface area contributed by atoms with Crippen LogP contribution in [0.3, 0.4) is 0 Å². The number of allylic oxidation sites excluding steroid dienone is 4. The lowest BCUT2D eigenvalue weighted by atomic mass is 9.54. The van der Waals surface area contributed by atoms with Gasteiger partial charge in [-0.05, 0) is 59.8 Å². The highest BCUT2D eigenvalue weighted by Gasteiger charge is 2.51. The number of carbonyl (C=O) groups is 3. The number of aldehydes is 1. The molecule has 4 rings (SSSR count). The monoisotopic (exact) mass is 446 g/mol. The lowest BCUT2D eigenvalue weighted by Crippen LogP contribution is -2.42. The summed E-state index contributed by atoms with van der Waals surface area (Å²) in [6.45, 7) is 13.2. The van der Waals surface area contributed by atoms with Gasteiger partial charge in [0.2, 0.25) is 0 Å². The fraction of sp³-hybridized carbons (Fsp3) is 0.667. The van der Waals surface area contributed by atoms with Gasteiger partial charge >= 0.3 is 0 Å². The fourth-order valence-electron chi connectivity index (χ4n) is 5.46. The van der Waals surface area contributed by atoms with Gasteiger partial charge in [-0.3, -0.25) is 9.59 Å². The van der Waals surface area contributed by atoms with E-state index in [1.807, 2.05) is 20.8 Å². The number of hydrogen-bond acceptors (Lipinski definition) is 5. The van der Waals surface area contributed by atoms with Gasteiger partial charge in [-0.25, -0.2) is 0 Å². The van der Waals surface area contributed by atoms with E-state index in [9.17, 15) is 14.7 Å². The third-order valence-corrected chi connectivity index (χ3v) is 7.47. The number of ketones is 1. The Kier molecular flexibility index (Phi) is 10.8. The summed E-state index contributed by atoms with van der Waals surface area (Å²) in [4.78, 5) is 30.0. The van der Waals surface area contributed by atoms with Crippen LogP contribution in [-0.2, 0) is 19.1 Å². The Bertz CT molecular complexity index is 767. The second kappa shape index (κ2) is 12.3. The highest BCUT2D eigenvalue weighted by Crippen LogP contribution is 2.61. The lowest BCUT2D eigenvalue weighted by Gasteiger charge is -2.50. The normalized spacial score (nSPS) is 31.9. The summed E-state index contributed by atoms with van der Waals surface area (Å²) in [5, 5.41) is 10.7. The third-order valence-electron chi connectivity index (χ3n) is 7.47. The maximum Gasteiger partial charge on any atom is 0.292 e. The van der Waals surface area contributed by atoms with Gasteiger partial charge in [0.15, 0.2) is 5.78 Å². The van der Waals surface area contributed by atoms with E-state index in [0.29, 0.717) is 37.1 Å². The fourth-order valence-corrected chi connectivity index (χ4v) is 5.46. The molecule has 0 aliphatic heterocycles. The second-order valence-electron chi connectivity index (χ2n) is 9.15. The van der Waals surface area contributed by atoms with Crippen molar-refractivity contribution in [3.8, 4) is 0 Å². The Morgan fingerprint density at radius 3 is 2.31 bits per heavy atom. The molecule has 0 heterocycles. The molecule has 0 radical (unpaired) electrons. The molecule has 32 heavy (non-hydrogen) atoms. The van der Waals surface area contributed by atoms with Crippen LogP contribution in [0.2, 0.25) is 0 Å². The van der Waals surface area contributed by atoms with Crippen LogP contribution in [0.4, 0.5) is 0 Å². The van der Waals surface area contributed by atoms with E-state index >= 15 is 0 Å². The van der Waals surface area contributed by atoms with Crippen LogP contribution in [0, 0.1) is 16.7 Å². The van der Waals surface area contributed by atoms with Gasteiger partial charge in [0, 0.05) is 24.7 Å². The van der Waals surface area contributed by atoms with E-state index in [1.165, 1.54) is 30.2 Å². The van der Waals surface area contributed by atoms with Gasteiger partial charge in [-0.2, -0.15) is 0 Å². The van der Waals surface area contributed by atoms with Crippen LogP contribution in [0.1, 0.15) is 86.5 Å². The molecule has 4 aliphatic carbocycles. The van der Waals surface area contributed by atoms with Crippen LogP contribution >= 0.6 is 0 Å². The van der Waals surface area contributed by atoms with Crippen molar-refractivity contribution in [3.05, 3.63) is 34.4 Å². The summed E-state index contributed by atoms with van der Waals surface area (Å²) in [7, 11) is 1.31. The number of fused-ring (bicyclic) bond motifs is 4. The second-order valence-corrected chi connectivity index (χ2v) is 9.15. The van der Waals surface area contributed by atoms with Crippen molar-refractivity contribution in [2.24, 2.45) is 16.7 Å². The summed E-state index contributed by atoms with van der Waals surface area (Å²) in [5.74, 6) is 0.885. The topological polar surface area (TPSA) is 80.7 Å². The molecule has 0 aromatic carbocycles. The van der Waals surface area contributed by atoms with Crippen LogP contribution in [0.15, 0.2) is 34.4 Å². The molecule has 4 atom stereocenters. The van der Waals surface area contributed by atoms with Crippen LogP contribution in [0.5, 0.6) is 0 Å². The highest BCUT2D eigenvalue weighted by atomic mass is 16.5. The number of methoxy groups -OCH3 is 1. The smallest absolute Gasteiger partial charge is 0.292 e. The molecule has 0 aromatic rings. The van der Waals surface area contributed by atoms with Crippen molar-refractivity contribution < 1.29 is 24.2 Å². The molecule has 5 heteroatoms. The van der Waals surface area contributed by atoms with Gasteiger partial charge in [-0.15, -0.1) is 0 Å². The Morgan fingerprint density at radius 1 is 1.19 bits per heavy atom. The summed E-state index contributed by atoms with van der Waals surface area (Å²) in [5.41, 5.74) is 5.65. The Balaban J connectivity index is 0.000000440. The van der Waals surface area contributed by atoms with E-state index in [0.717, 1.165) is 31.1 Å². The molecule has 3 unspecified atom stereocenters. The van der Waals surface area contributed by atoms with E-state index in [2.05, 4.69) is 31.6 Å². The minimum absolute atomic E-state index is 0.0884. The Labute approximate surface area is 194 Å². The van der Waals surface area contributed by atoms with Crippen molar-refractivity contribution in [2.75, 3.05) is 7.11 Å². The average molecular weight is 447 g/mol. The molecule has 0 bridgehead atoms. The van der Waals surface area contributed by atoms with Gasteiger partial charge in [0.05, 0.1) is 13.2 Å². The summed E-state index contributed by atoms with van der Waals surface area (Å²) in [6.07, 6.45) is 10.9. The minimum atomic E-state index is -0.479. The average Bonchev–Trinajstić information content (AvgIpc) is 3.11. The quantitative estimate of drug-likeness (QED) is 0.565. The molecule has 1 N–H and O–H groups in total. The molecule has 0 saturated heterocycles. The van der Waals surface area contributed by atoms with Crippen LogP contribution in [0.25, 0.3) is 0 Å². The summed E-state index contributed by atoms with van der Waals surface area (Å²) in [6, 6.07) is 0. The number of hydrogen-bond donors (Lipinski definition) is 1. The summed E-state index contributed by atoms with van der Waals surface area (Å²) >= 11 is 0. The highest BCUT2D eigenvalue weighted by molar-refractivity contribution is 5.92. The first-order chi connectivity index (χ1) is 15.2. The molecular formula is C27H42O5. The standard InChI is InChI=1S/C20H26O2.C3H6O.C2H4O2.C2H6/c1-12-4-5-15-14-11-18(22)17-10-13(21)6-8-20(17,3)16(14)7-9-19(12,15)2;1-2-3-4;1-4-2-3;1-2/h5,10,12,18,22H,4,6-9,11H2,1-3H3;3H,2H2,1H3;2H,1H3;1-2H3/t12?,18-,19?,20?;;;/m0.../s1. The zero-order valence-corrected chi connectivity index (χ0v) is 21.0. The number of carbonyl (C=O) groups excluding carboxylic acids is 3. The first-order valence-corrected chi connectivity index (χ1v) is 12.0. The van der Waals surface area contributed by atoms with Crippen molar-refractivity contribution in [2.45, 2.75) is 92.6 Å². The van der Waals surface area contributed by atoms with E-state index in [1.54, 1.807) is 6.08 Å². The zero-order valence-electron chi connectivity index (χ0n) is 21.0. The Hall–Kier alpha value is -2.01.